The Balaban J connectivity index is 1.74. The number of para-hydroxylation sites is 2. The van der Waals surface area contributed by atoms with Crippen LogP contribution in [0.15, 0.2) is 41.5 Å². The number of esters is 1. The predicted octanol–water partition coefficient (Wildman–Crippen LogP) is 2.64. The van der Waals surface area contributed by atoms with E-state index < -0.39 is 5.97 Å². The number of H-pyrrole nitrogens is 1. The number of hydrogen-bond acceptors (Lipinski definition) is 5. The summed E-state index contributed by atoms with van der Waals surface area (Å²) in [5, 5.41) is 6.35. The van der Waals surface area contributed by atoms with E-state index in [1.165, 1.54) is 7.11 Å². The zero-order chi connectivity index (χ0) is 19.8. The first-order valence-corrected chi connectivity index (χ1v) is 9.11. The molecule has 1 aromatic heterocycles. The van der Waals surface area contributed by atoms with Gasteiger partial charge in [-0.15, -0.1) is 0 Å². The Hall–Kier alpha value is -3.42. The lowest BCUT2D eigenvalue weighted by atomic mass is 10.1. The van der Waals surface area contributed by atoms with Crippen molar-refractivity contribution in [2.45, 2.75) is 32.9 Å². The summed E-state index contributed by atoms with van der Waals surface area (Å²) in [6.07, 6.45) is 3.38. The van der Waals surface area contributed by atoms with Gasteiger partial charge in [-0.2, -0.15) is 5.10 Å². The van der Waals surface area contributed by atoms with E-state index >= 15 is 0 Å². The van der Waals surface area contributed by atoms with Crippen LogP contribution in [0.5, 0.6) is 0 Å². The lowest BCUT2D eigenvalue weighted by Gasteiger charge is -2.15. The number of nitrogens with zero attached hydrogens (tertiary/aromatic N) is 4. The molecule has 0 aliphatic carbocycles. The van der Waals surface area contributed by atoms with Gasteiger partial charge in [-0.1, -0.05) is 26.0 Å². The van der Waals surface area contributed by atoms with Crippen LogP contribution >= 0.6 is 0 Å². The van der Waals surface area contributed by atoms with Gasteiger partial charge < -0.3 is 13.9 Å². The van der Waals surface area contributed by atoms with Crippen LogP contribution in [0, 0.1) is 0 Å². The van der Waals surface area contributed by atoms with Crippen LogP contribution in [-0.2, 0) is 17.8 Å². The van der Waals surface area contributed by atoms with E-state index in [4.69, 9.17) is 9.72 Å². The maximum Gasteiger partial charge on any atom is 0.341 e. The molecule has 0 unspecified atom stereocenters. The highest BCUT2D eigenvalue weighted by molar-refractivity contribution is 5.95. The van der Waals surface area contributed by atoms with Gasteiger partial charge in [0.25, 0.3) is 5.56 Å². The molecule has 1 aromatic carbocycles. The Morgan fingerprint density at radius 2 is 2.00 bits per heavy atom. The van der Waals surface area contributed by atoms with Gasteiger partial charge >= 0.3 is 5.97 Å². The number of carbonyl (C=O) groups excluding carboxylic acids is 1. The third kappa shape index (κ3) is 2.96. The van der Waals surface area contributed by atoms with E-state index in [2.05, 4.69) is 28.6 Å². The Bertz CT molecular complexity index is 1180. The van der Waals surface area contributed by atoms with Crippen LogP contribution in [0.3, 0.4) is 0 Å². The molecule has 0 saturated heterocycles. The van der Waals surface area contributed by atoms with Crippen molar-refractivity contribution in [3.63, 3.8) is 0 Å². The second kappa shape index (κ2) is 6.95. The number of aromatic nitrogens is 5. The van der Waals surface area contributed by atoms with E-state index in [-0.39, 0.29) is 17.0 Å². The van der Waals surface area contributed by atoms with E-state index in [0.717, 1.165) is 16.9 Å². The molecule has 8 heteroatoms. The molecule has 0 atom stereocenters. The summed E-state index contributed by atoms with van der Waals surface area (Å²) in [5.74, 6) is 0.748. The molecule has 144 valence electrons. The fourth-order valence-corrected chi connectivity index (χ4v) is 3.46. The number of benzene rings is 1. The van der Waals surface area contributed by atoms with Crippen LogP contribution in [-0.4, -0.2) is 37.4 Å². The highest BCUT2D eigenvalue weighted by Gasteiger charge is 2.22. The molecule has 2 aromatic rings. The van der Waals surface area contributed by atoms with Crippen molar-refractivity contribution in [3.05, 3.63) is 58.4 Å². The summed E-state index contributed by atoms with van der Waals surface area (Å²) in [4.78, 5) is 28.9. The molecule has 0 radical (unpaired) electrons. The van der Waals surface area contributed by atoms with Gasteiger partial charge in [0.05, 0.1) is 23.7 Å². The summed E-state index contributed by atoms with van der Waals surface area (Å²) in [5.41, 5.74) is 2.64. The summed E-state index contributed by atoms with van der Waals surface area (Å²) in [7, 11) is 1.31. The quantitative estimate of drug-likeness (QED) is 0.538. The lowest BCUT2D eigenvalue weighted by Crippen LogP contribution is -2.15. The van der Waals surface area contributed by atoms with Crippen molar-refractivity contribution in [2.75, 3.05) is 7.11 Å². The fourth-order valence-electron chi connectivity index (χ4n) is 3.46. The molecule has 2 aliphatic heterocycles. The number of nitrogens with one attached hydrogen (secondary N) is 1. The number of carbonyl (C=O) groups is 1. The first-order chi connectivity index (χ1) is 13.5. The summed E-state index contributed by atoms with van der Waals surface area (Å²) in [6, 6.07) is 8.02. The lowest BCUT2D eigenvalue weighted by molar-refractivity contribution is 0.0600. The molecule has 0 amide bonds. The van der Waals surface area contributed by atoms with Crippen molar-refractivity contribution < 1.29 is 9.53 Å². The maximum atomic E-state index is 12.1. The van der Waals surface area contributed by atoms with Gasteiger partial charge in [0.15, 0.2) is 0 Å². The number of aromatic amines is 1. The first-order valence-electron chi connectivity index (χ1n) is 9.11. The second-order valence-corrected chi connectivity index (χ2v) is 6.98. The van der Waals surface area contributed by atoms with E-state index in [1.54, 1.807) is 12.4 Å². The molecule has 4 rings (SSSR count). The number of fused-ring (bicyclic) bond motifs is 2. The number of pyridine rings is 1. The molecule has 0 fully saturated rings. The summed E-state index contributed by atoms with van der Waals surface area (Å²) >= 11 is 0. The van der Waals surface area contributed by atoms with Crippen LogP contribution in [0.2, 0.25) is 0 Å². The molecule has 3 heterocycles. The second-order valence-electron chi connectivity index (χ2n) is 6.98. The van der Waals surface area contributed by atoms with Crippen LogP contribution in [0.25, 0.3) is 22.3 Å². The summed E-state index contributed by atoms with van der Waals surface area (Å²) in [6.45, 7) is 5.43. The van der Waals surface area contributed by atoms with Crippen molar-refractivity contribution >= 4 is 17.0 Å². The molecular formula is C20H21N5O3. The molecule has 2 aliphatic rings. The Kier molecular flexibility index (Phi) is 4.46. The largest absolute Gasteiger partial charge is 0.465 e. The zero-order valence-corrected chi connectivity index (χ0v) is 16.0. The van der Waals surface area contributed by atoms with Gasteiger partial charge in [-0.05, 0) is 12.1 Å². The average Bonchev–Trinajstić information content (AvgIpc) is 3.26. The Morgan fingerprint density at radius 3 is 2.75 bits per heavy atom. The smallest absolute Gasteiger partial charge is 0.341 e. The molecule has 1 N–H and O–H groups in total. The van der Waals surface area contributed by atoms with Gasteiger partial charge in [-0.25, -0.2) is 14.9 Å². The standard InChI is InChI=1S/C20H21N5O3/c1-12(2)18-21-15-6-4-5-7-16(15)25(18)9-8-24-10-13-17(22-23-19(13)26)14(11-24)20(27)28-3/h4-7,10-12H,8-9H2,1-3H3,(H,23,26). The third-order valence-corrected chi connectivity index (χ3v) is 4.80. The minimum Gasteiger partial charge on any atom is -0.465 e. The number of imidazole rings is 1. The van der Waals surface area contributed by atoms with E-state index in [1.807, 2.05) is 28.8 Å². The van der Waals surface area contributed by atoms with Crippen LogP contribution in [0.1, 0.15) is 35.9 Å². The molecule has 8 nitrogen and oxygen atoms in total. The SMILES string of the molecule is COC(=O)c1cn(CCn2c(C(C)C)nc3ccccc32)cc2c(=O)[nH]nc1-2. The molecule has 0 bridgehead atoms. The monoisotopic (exact) mass is 379 g/mol. The molecule has 0 saturated carbocycles. The number of hydrogen-bond donors (Lipinski definition) is 1. The predicted molar refractivity (Wildman–Crippen MR) is 105 cm³/mol. The highest BCUT2D eigenvalue weighted by Crippen LogP contribution is 2.23. The first kappa shape index (κ1) is 18.0. The maximum absolute atomic E-state index is 12.1. The van der Waals surface area contributed by atoms with Crippen molar-refractivity contribution in [3.8, 4) is 11.3 Å². The van der Waals surface area contributed by atoms with Gasteiger partial charge in [0, 0.05) is 31.4 Å². The van der Waals surface area contributed by atoms with Crippen LogP contribution < -0.4 is 5.56 Å². The van der Waals surface area contributed by atoms with E-state index in [9.17, 15) is 9.59 Å². The van der Waals surface area contributed by atoms with Crippen molar-refractivity contribution in [1.29, 1.82) is 0 Å². The minimum absolute atomic E-state index is 0.262. The topological polar surface area (TPSA) is 94.8 Å². The van der Waals surface area contributed by atoms with Crippen molar-refractivity contribution in [2.24, 2.45) is 0 Å². The molecular weight excluding hydrogens is 358 g/mol. The Morgan fingerprint density at radius 1 is 1.21 bits per heavy atom. The number of ether oxygens (including phenoxy) is 1. The number of methoxy groups -OCH3 is 1. The Labute approximate surface area is 161 Å². The molecule has 28 heavy (non-hydrogen) atoms. The zero-order valence-electron chi connectivity index (χ0n) is 16.0. The molecule has 0 spiro atoms. The van der Waals surface area contributed by atoms with Gasteiger partial charge in [0.2, 0.25) is 0 Å². The minimum atomic E-state index is -0.526. The van der Waals surface area contributed by atoms with Gasteiger partial charge in [0.1, 0.15) is 17.1 Å². The third-order valence-electron chi connectivity index (χ3n) is 4.80. The van der Waals surface area contributed by atoms with Crippen LogP contribution in [0.4, 0.5) is 0 Å². The summed E-state index contributed by atoms with van der Waals surface area (Å²) < 4.78 is 8.85. The van der Waals surface area contributed by atoms with E-state index in [0.29, 0.717) is 24.3 Å². The highest BCUT2D eigenvalue weighted by atomic mass is 16.5. The van der Waals surface area contributed by atoms with Crippen molar-refractivity contribution in [1.82, 2.24) is 24.3 Å². The normalized spacial score (nSPS) is 11.6. The number of rotatable bonds is 5. The number of aryl methyl sites for hydroxylation is 2. The average molecular weight is 379 g/mol. The van der Waals surface area contributed by atoms with Gasteiger partial charge in [-0.3, -0.25) is 4.79 Å². The fraction of sp³-hybridized carbons (Fsp3) is 0.300.